The third kappa shape index (κ3) is 3.59. The predicted molar refractivity (Wildman–Crippen MR) is 101 cm³/mol. The maximum Gasteiger partial charge on any atom is 0.318 e. The number of hydrogen-bond donors (Lipinski definition) is 1. The van der Waals surface area contributed by atoms with Gasteiger partial charge in [0.1, 0.15) is 0 Å². The van der Waals surface area contributed by atoms with E-state index >= 15 is 0 Å². The van der Waals surface area contributed by atoms with Crippen molar-refractivity contribution in [3.8, 4) is 0 Å². The van der Waals surface area contributed by atoms with Gasteiger partial charge in [0, 0.05) is 50.3 Å². The molecule has 1 N–H and O–H groups in total. The third-order valence-electron chi connectivity index (χ3n) is 4.56. The Kier molecular flexibility index (Phi) is 4.45. The lowest BCUT2D eigenvalue weighted by Gasteiger charge is -2.33. The van der Waals surface area contributed by atoms with E-state index in [9.17, 15) is 9.59 Å². The molecule has 0 unspecified atom stereocenters. The van der Waals surface area contributed by atoms with Crippen molar-refractivity contribution in [2.45, 2.75) is 6.92 Å². The van der Waals surface area contributed by atoms with Crippen LogP contribution < -0.4 is 10.5 Å². The number of carbonyl (C=O) groups excluding carboxylic acids is 1. The minimum absolute atomic E-state index is 0.121. The van der Waals surface area contributed by atoms with E-state index in [4.69, 9.17) is 4.42 Å². The van der Waals surface area contributed by atoms with Crippen LogP contribution in [0.3, 0.4) is 0 Å². The normalized spacial score (nSPS) is 15.0. The molecule has 138 valence electrons. The van der Waals surface area contributed by atoms with Crippen LogP contribution in [-0.4, -0.2) is 52.2 Å². The lowest BCUT2D eigenvalue weighted by Crippen LogP contribution is -2.48. The number of rotatable bonds is 3. The van der Waals surface area contributed by atoms with E-state index in [0.717, 1.165) is 10.9 Å². The number of nitrogens with one attached hydrogen (secondary N) is 1. The van der Waals surface area contributed by atoms with Gasteiger partial charge in [-0.05, 0) is 23.6 Å². The maximum absolute atomic E-state index is 12.5. The second kappa shape index (κ2) is 7.06. The summed E-state index contributed by atoms with van der Waals surface area (Å²) >= 11 is 0. The molecule has 0 radical (unpaired) electrons. The van der Waals surface area contributed by atoms with Crippen LogP contribution in [0.2, 0.25) is 0 Å². The molecular formula is C19H19N5O3. The Bertz CT molecular complexity index is 1060. The van der Waals surface area contributed by atoms with Crippen LogP contribution in [0.4, 0.5) is 6.01 Å². The van der Waals surface area contributed by atoms with Crippen molar-refractivity contribution in [2.24, 2.45) is 0 Å². The van der Waals surface area contributed by atoms with Crippen molar-refractivity contribution in [1.82, 2.24) is 20.1 Å². The Balaban J connectivity index is 1.42. The first-order valence-corrected chi connectivity index (χ1v) is 8.74. The molecule has 0 atom stereocenters. The third-order valence-corrected chi connectivity index (χ3v) is 4.56. The van der Waals surface area contributed by atoms with Crippen LogP contribution >= 0.6 is 0 Å². The van der Waals surface area contributed by atoms with Gasteiger partial charge in [-0.15, -0.1) is 5.10 Å². The van der Waals surface area contributed by atoms with Crippen molar-refractivity contribution in [2.75, 3.05) is 31.1 Å². The highest BCUT2D eigenvalue weighted by Gasteiger charge is 2.22. The SMILES string of the molecule is Cc1nnc(N2CCN(C(=O)/C=C/c3cc4ccccc4[nH]c3=O)CC2)o1. The molecule has 3 aromatic rings. The van der Waals surface area contributed by atoms with Gasteiger partial charge in [0.05, 0.1) is 0 Å². The summed E-state index contributed by atoms with van der Waals surface area (Å²) in [5, 5.41) is 8.75. The fourth-order valence-corrected chi connectivity index (χ4v) is 3.09. The van der Waals surface area contributed by atoms with Crippen molar-refractivity contribution in [3.05, 3.63) is 58.2 Å². The summed E-state index contributed by atoms with van der Waals surface area (Å²) in [6, 6.07) is 9.81. The Morgan fingerprint density at radius 2 is 1.96 bits per heavy atom. The number of amides is 1. The van der Waals surface area contributed by atoms with E-state index in [1.165, 1.54) is 6.08 Å². The molecule has 1 amide bonds. The van der Waals surface area contributed by atoms with Crippen molar-refractivity contribution < 1.29 is 9.21 Å². The number of anilines is 1. The van der Waals surface area contributed by atoms with Gasteiger partial charge in [-0.1, -0.05) is 23.3 Å². The fourth-order valence-electron chi connectivity index (χ4n) is 3.09. The number of aromatic nitrogens is 3. The molecule has 0 bridgehead atoms. The summed E-state index contributed by atoms with van der Waals surface area (Å²) < 4.78 is 5.42. The number of nitrogens with zero attached hydrogens (tertiary/aromatic N) is 4. The van der Waals surface area contributed by atoms with Crippen molar-refractivity contribution in [3.63, 3.8) is 0 Å². The van der Waals surface area contributed by atoms with Gasteiger partial charge in [-0.2, -0.15) is 0 Å². The summed E-state index contributed by atoms with van der Waals surface area (Å²) in [6.45, 7) is 4.10. The van der Waals surface area contributed by atoms with Crippen LogP contribution in [0.5, 0.6) is 0 Å². The summed E-state index contributed by atoms with van der Waals surface area (Å²) in [7, 11) is 0. The number of pyridine rings is 1. The molecule has 8 nitrogen and oxygen atoms in total. The van der Waals surface area contributed by atoms with E-state index in [-0.39, 0.29) is 11.5 Å². The van der Waals surface area contributed by atoms with Gasteiger partial charge in [-0.25, -0.2) is 0 Å². The van der Waals surface area contributed by atoms with E-state index < -0.39 is 0 Å². The number of piperazine rings is 1. The molecule has 2 aromatic heterocycles. The Morgan fingerprint density at radius 3 is 2.70 bits per heavy atom. The standard InChI is InChI=1S/C19H19N5O3/c1-13-21-22-19(27-13)24-10-8-23(9-11-24)17(25)7-6-15-12-14-4-2-3-5-16(14)20-18(15)26/h2-7,12H,8-11H2,1H3,(H,20,26)/b7-6+. The number of hydrogen-bond acceptors (Lipinski definition) is 6. The average Bonchev–Trinajstić information content (AvgIpc) is 3.12. The van der Waals surface area contributed by atoms with E-state index in [2.05, 4.69) is 15.2 Å². The largest absolute Gasteiger partial charge is 0.408 e. The molecular weight excluding hydrogens is 346 g/mol. The summed E-state index contributed by atoms with van der Waals surface area (Å²) in [5.41, 5.74) is 1.02. The van der Waals surface area contributed by atoms with Crippen LogP contribution in [0.1, 0.15) is 11.5 Å². The predicted octanol–water partition coefficient (Wildman–Crippen LogP) is 1.58. The number of aromatic amines is 1. The zero-order chi connectivity index (χ0) is 18.8. The van der Waals surface area contributed by atoms with Crippen molar-refractivity contribution in [1.29, 1.82) is 0 Å². The van der Waals surface area contributed by atoms with Crippen LogP contribution in [0, 0.1) is 6.92 Å². The molecule has 3 heterocycles. The molecule has 0 saturated carbocycles. The quantitative estimate of drug-likeness (QED) is 0.708. The number of aryl methyl sites for hydroxylation is 1. The van der Waals surface area contributed by atoms with Crippen molar-refractivity contribution >= 4 is 28.9 Å². The van der Waals surface area contributed by atoms with Gasteiger partial charge < -0.3 is 19.2 Å². The molecule has 1 fully saturated rings. The highest BCUT2D eigenvalue weighted by molar-refractivity contribution is 5.92. The molecule has 1 saturated heterocycles. The Morgan fingerprint density at radius 1 is 1.19 bits per heavy atom. The topological polar surface area (TPSA) is 95.3 Å². The second-order valence-electron chi connectivity index (χ2n) is 6.39. The van der Waals surface area contributed by atoms with Gasteiger partial charge in [0.2, 0.25) is 11.8 Å². The highest BCUT2D eigenvalue weighted by Crippen LogP contribution is 2.15. The lowest BCUT2D eigenvalue weighted by molar-refractivity contribution is -0.126. The molecule has 8 heteroatoms. The zero-order valence-corrected chi connectivity index (χ0v) is 14.9. The Labute approximate surface area is 155 Å². The molecule has 0 spiro atoms. The van der Waals surface area contributed by atoms with Gasteiger partial charge in [0.15, 0.2) is 0 Å². The van der Waals surface area contributed by atoms with E-state index in [1.807, 2.05) is 29.2 Å². The lowest BCUT2D eigenvalue weighted by atomic mass is 10.1. The molecule has 1 aliphatic heterocycles. The smallest absolute Gasteiger partial charge is 0.318 e. The van der Waals surface area contributed by atoms with Crippen LogP contribution in [0.15, 0.2) is 45.6 Å². The second-order valence-corrected chi connectivity index (χ2v) is 6.39. The maximum atomic E-state index is 12.5. The zero-order valence-electron chi connectivity index (χ0n) is 14.9. The summed E-state index contributed by atoms with van der Waals surface area (Å²) in [4.78, 5) is 31.1. The van der Waals surface area contributed by atoms with Crippen LogP contribution in [-0.2, 0) is 4.79 Å². The highest BCUT2D eigenvalue weighted by atomic mass is 16.4. The number of carbonyl (C=O) groups is 1. The Hall–Kier alpha value is -3.42. The first kappa shape index (κ1) is 17.0. The molecule has 0 aliphatic carbocycles. The van der Waals surface area contributed by atoms with Crippen LogP contribution in [0.25, 0.3) is 17.0 Å². The minimum Gasteiger partial charge on any atom is -0.408 e. The average molecular weight is 365 g/mol. The summed E-state index contributed by atoms with van der Waals surface area (Å²) in [6.07, 6.45) is 3.02. The first-order valence-electron chi connectivity index (χ1n) is 8.74. The molecule has 1 aromatic carbocycles. The van der Waals surface area contributed by atoms with Gasteiger partial charge in [-0.3, -0.25) is 9.59 Å². The number of fused-ring (bicyclic) bond motifs is 1. The van der Waals surface area contributed by atoms with Gasteiger partial charge >= 0.3 is 6.01 Å². The molecule has 27 heavy (non-hydrogen) atoms. The number of para-hydroxylation sites is 1. The number of benzene rings is 1. The number of H-pyrrole nitrogens is 1. The molecule has 4 rings (SSSR count). The van der Waals surface area contributed by atoms with E-state index in [1.54, 1.807) is 24.0 Å². The summed E-state index contributed by atoms with van der Waals surface area (Å²) in [5.74, 6) is 0.399. The monoisotopic (exact) mass is 365 g/mol. The minimum atomic E-state index is -0.214. The fraction of sp³-hybridized carbons (Fsp3) is 0.263. The first-order chi connectivity index (χ1) is 13.1. The van der Waals surface area contributed by atoms with Gasteiger partial charge in [0.25, 0.3) is 5.56 Å². The van der Waals surface area contributed by atoms with E-state index in [0.29, 0.717) is 43.6 Å². The molecule has 1 aliphatic rings.